The van der Waals surface area contributed by atoms with Crippen molar-refractivity contribution < 1.29 is 4.79 Å². The maximum atomic E-state index is 12.7. The van der Waals surface area contributed by atoms with Gasteiger partial charge >= 0.3 is 0 Å². The molecule has 0 spiro atoms. The number of aromatic nitrogens is 1. The van der Waals surface area contributed by atoms with Gasteiger partial charge in [-0.15, -0.1) is 12.4 Å². The van der Waals surface area contributed by atoms with Crippen molar-refractivity contribution in [1.82, 2.24) is 15.2 Å². The average Bonchev–Trinajstić information content (AvgIpc) is 3.09. The molecule has 1 aromatic carbocycles. The van der Waals surface area contributed by atoms with Gasteiger partial charge < -0.3 is 15.2 Å². The van der Waals surface area contributed by atoms with Crippen LogP contribution in [0.1, 0.15) is 28.9 Å². The van der Waals surface area contributed by atoms with E-state index < -0.39 is 0 Å². The highest BCUT2D eigenvalue weighted by Gasteiger charge is 2.36. The highest BCUT2D eigenvalue weighted by Crippen LogP contribution is 2.26. The van der Waals surface area contributed by atoms with Crippen LogP contribution in [0.25, 0.3) is 10.9 Å². The van der Waals surface area contributed by atoms with E-state index in [-0.39, 0.29) is 18.3 Å². The van der Waals surface area contributed by atoms with Gasteiger partial charge in [-0.2, -0.15) is 0 Å². The SMILES string of the molecule is Cc1ccc2[nH]c(C(=O)N3C[C@@H]4CCCN[C@@H]4C3)cc2c1.Cl. The normalized spacial score (nSPS) is 24.1. The number of hydrogen-bond donors (Lipinski definition) is 2. The smallest absolute Gasteiger partial charge is 0.270 e. The number of piperidine rings is 1. The Morgan fingerprint density at radius 3 is 2.95 bits per heavy atom. The molecule has 1 amide bonds. The maximum absolute atomic E-state index is 12.7. The molecule has 2 aromatic rings. The van der Waals surface area contributed by atoms with Crippen molar-refractivity contribution >= 4 is 29.2 Å². The lowest BCUT2D eigenvalue weighted by Gasteiger charge is -2.24. The van der Waals surface area contributed by atoms with Crippen molar-refractivity contribution in [3.63, 3.8) is 0 Å². The fraction of sp³-hybridized carbons (Fsp3) is 0.471. The summed E-state index contributed by atoms with van der Waals surface area (Å²) in [6, 6.07) is 8.72. The monoisotopic (exact) mass is 319 g/mol. The number of carbonyl (C=O) groups excluding carboxylic acids is 1. The van der Waals surface area contributed by atoms with E-state index in [9.17, 15) is 4.79 Å². The zero-order valence-corrected chi connectivity index (χ0v) is 13.6. The molecule has 0 aliphatic carbocycles. The summed E-state index contributed by atoms with van der Waals surface area (Å²) in [6.07, 6.45) is 2.47. The fourth-order valence-electron chi connectivity index (χ4n) is 3.75. The number of nitrogens with one attached hydrogen (secondary N) is 2. The van der Waals surface area contributed by atoms with Gasteiger partial charge in [-0.25, -0.2) is 0 Å². The predicted octanol–water partition coefficient (Wildman–Crippen LogP) is 2.72. The molecule has 0 radical (unpaired) electrons. The maximum Gasteiger partial charge on any atom is 0.270 e. The summed E-state index contributed by atoms with van der Waals surface area (Å²) >= 11 is 0. The number of nitrogens with zero attached hydrogens (tertiary/aromatic N) is 1. The van der Waals surface area contributed by atoms with E-state index in [0.29, 0.717) is 17.7 Å². The standard InChI is InChI=1S/C17H21N3O.ClH/c1-11-4-5-14-13(7-11)8-15(19-14)17(21)20-9-12-3-2-6-18-16(12)10-20;/h4-5,7-8,12,16,18-19H,2-3,6,9-10H2,1H3;1H/t12-,16+;/m0./s1. The highest BCUT2D eigenvalue weighted by molar-refractivity contribution is 5.98. The van der Waals surface area contributed by atoms with Crippen molar-refractivity contribution in [2.45, 2.75) is 25.8 Å². The first-order valence-electron chi connectivity index (χ1n) is 7.83. The van der Waals surface area contributed by atoms with Gasteiger partial charge in [0, 0.05) is 30.0 Å². The third kappa shape index (κ3) is 2.61. The molecule has 2 saturated heterocycles. The van der Waals surface area contributed by atoms with Gasteiger partial charge in [0.1, 0.15) is 5.69 Å². The van der Waals surface area contributed by atoms with Crippen LogP contribution in [-0.2, 0) is 0 Å². The number of benzene rings is 1. The highest BCUT2D eigenvalue weighted by atomic mass is 35.5. The summed E-state index contributed by atoms with van der Waals surface area (Å²) in [5.74, 6) is 0.773. The molecule has 118 valence electrons. The van der Waals surface area contributed by atoms with Crippen molar-refractivity contribution in [2.24, 2.45) is 5.92 Å². The van der Waals surface area contributed by atoms with Gasteiger partial charge in [-0.1, -0.05) is 11.6 Å². The molecule has 3 heterocycles. The Bertz CT molecular complexity index is 682. The average molecular weight is 320 g/mol. The third-order valence-corrected chi connectivity index (χ3v) is 4.89. The largest absolute Gasteiger partial charge is 0.351 e. The molecule has 2 N–H and O–H groups in total. The van der Waals surface area contributed by atoms with Crippen molar-refractivity contribution in [1.29, 1.82) is 0 Å². The van der Waals surface area contributed by atoms with Gasteiger partial charge in [-0.05, 0) is 50.4 Å². The molecule has 4 nitrogen and oxygen atoms in total. The lowest BCUT2D eigenvalue weighted by molar-refractivity contribution is 0.0781. The Hall–Kier alpha value is -1.52. The lowest BCUT2D eigenvalue weighted by atomic mass is 9.94. The van der Waals surface area contributed by atoms with E-state index in [1.54, 1.807) is 0 Å². The summed E-state index contributed by atoms with van der Waals surface area (Å²) in [6.45, 7) is 4.91. The van der Waals surface area contributed by atoms with Crippen LogP contribution in [0.5, 0.6) is 0 Å². The number of rotatable bonds is 1. The second kappa shape index (κ2) is 5.94. The first-order valence-corrected chi connectivity index (χ1v) is 7.83. The molecule has 0 saturated carbocycles. The molecule has 2 fully saturated rings. The van der Waals surface area contributed by atoms with Crippen LogP contribution in [0.2, 0.25) is 0 Å². The van der Waals surface area contributed by atoms with E-state index >= 15 is 0 Å². The molecule has 4 rings (SSSR count). The first kappa shape index (κ1) is 15.4. The van der Waals surface area contributed by atoms with Crippen LogP contribution in [0.4, 0.5) is 0 Å². The second-order valence-corrected chi connectivity index (χ2v) is 6.45. The van der Waals surface area contributed by atoms with Crippen LogP contribution in [0.15, 0.2) is 24.3 Å². The van der Waals surface area contributed by atoms with E-state index in [1.807, 2.05) is 17.0 Å². The zero-order chi connectivity index (χ0) is 14.4. The Morgan fingerprint density at radius 1 is 1.27 bits per heavy atom. The molecule has 2 aliphatic heterocycles. The fourth-order valence-corrected chi connectivity index (χ4v) is 3.75. The van der Waals surface area contributed by atoms with Gasteiger partial charge in [0.2, 0.25) is 0 Å². The third-order valence-electron chi connectivity index (χ3n) is 4.89. The molecule has 2 aliphatic rings. The first-order chi connectivity index (χ1) is 10.2. The number of H-pyrrole nitrogens is 1. The van der Waals surface area contributed by atoms with Gasteiger partial charge in [0.15, 0.2) is 0 Å². The topological polar surface area (TPSA) is 48.1 Å². The number of amides is 1. The Labute approximate surface area is 136 Å². The van der Waals surface area contributed by atoms with Crippen LogP contribution >= 0.6 is 12.4 Å². The molecule has 22 heavy (non-hydrogen) atoms. The number of fused-ring (bicyclic) bond motifs is 2. The quantitative estimate of drug-likeness (QED) is 0.849. The second-order valence-electron chi connectivity index (χ2n) is 6.45. The summed E-state index contributed by atoms with van der Waals surface area (Å²) in [5, 5.41) is 4.67. The lowest BCUT2D eigenvalue weighted by Crippen LogP contribution is -2.41. The van der Waals surface area contributed by atoms with Crippen LogP contribution in [-0.4, -0.2) is 41.5 Å². The minimum Gasteiger partial charge on any atom is -0.351 e. The van der Waals surface area contributed by atoms with Crippen LogP contribution < -0.4 is 5.32 Å². The van der Waals surface area contributed by atoms with Gasteiger partial charge in [-0.3, -0.25) is 4.79 Å². The summed E-state index contributed by atoms with van der Waals surface area (Å²) in [4.78, 5) is 18.0. The summed E-state index contributed by atoms with van der Waals surface area (Å²) in [5.41, 5.74) is 2.98. The van der Waals surface area contributed by atoms with Gasteiger partial charge in [0.05, 0.1) is 0 Å². The summed E-state index contributed by atoms with van der Waals surface area (Å²) < 4.78 is 0. The Balaban J connectivity index is 0.00000144. The number of likely N-dealkylation sites (tertiary alicyclic amines) is 1. The van der Waals surface area contributed by atoms with Crippen LogP contribution in [0.3, 0.4) is 0 Å². The van der Waals surface area contributed by atoms with Crippen molar-refractivity contribution in [3.05, 3.63) is 35.5 Å². The molecule has 5 heteroatoms. The van der Waals surface area contributed by atoms with E-state index in [1.165, 1.54) is 18.4 Å². The van der Waals surface area contributed by atoms with Gasteiger partial charge in [0.25, 0.3) is 5.91 Å². The Kier molecular flexibility index (Phi) is 4.15. The van der Waals surface area contributed by atoms with Crippen LogP contribution in [0, 0.1) is 12.8 Å². The van der Waals surface area contributed by atoms with E-state index in [0.717, 1.165) is 30.5 Å². The van der Waals surface area contributed by atoms with E-state index in [2.05, 4.69) is 29.4 Å². The molecule has 1 aromatic heterocycles. The minimum atomic E-state index is 0. The molecular formula is C17H22ClN3O. The number of carbonyl (C=O) groups is 1. The zero-order valence-electron chi connectivity index (χ0n) is 12.8. The number of aryl methyl sites for hydroxylation is 1. The molecular weight excluding hydrogens is 298 g/mol. The molecule has 0 bridgehead atoms. The number of halogens is 1. The minimum absolute atomic E-state index is 0. The van der Waals surface area contributed by atoms with Crippen molar-refractivity contribution in [3.8, 4) is 0 Å². The number of hydrogen-bond acceptors (Lipinski definition) is 2. The molecule has 0 unspecified atom stereocenters. The summed E-state index contributed by atoms with van der Waals surface area (Å²) in [7, 11) is 0. The number of aromatic amines is 1. The van der Waals surface area contributed by atoms with E-state index in [4.69, 9.17) is 0 Å². The molecule has 2 atom stereocenters. The Morgan fingerprint density at radius 2 is 2.14 bits per heavy atom. The predicted molar refractivity (Wildman–Crippen MR) is 90.7 cm³/mol. The van der Waals surface area contributed by atoms with Crippen molar-refractivity contribution in [2.75, 3.05) is 19.6 Å².